The van der Waals surface area contributed by atoms with Gasteiger partial charge in [-0.3, -0.25) is 10.1 Å². The molecule has 5 heterocycles. The third-order valence-corrected chi connectivity index (χ3v) is 6.20. The highest BCUT2D eigenvalue weighted by molar-refractivity contribution is 5.93. The van der Waals surface area contributed by atoms with Crippen LogP contribution in [0.25, 0.3) is 27.6 Å². The number of aromatic amines is 1. The van der Waals surface area contributed by atoms with Crippen molar-refractivity contribution in [2.24, 2.45) is 0 Å². The van der Waals surface area contributed by atoms with Gasteiger partial charge in [0.1, 0.15) is 11.3 Å². The largest absolute Gasteiger partial charge is 0.360 e. The smallest absolute Gasteiger partial charge is 0.178 e. The number of ether oxygens (including phenoxy) is 1. The van der Waals surface area contributed by atoms with E-state index in [1.165, 1.54) is 11.1 Å². The molecule has 0 aliphatic carbocycles. The zero-order valence-electron chi connectivity index (χ0n) is 18.5. The Labute approximate surface area is 185 Å². The average molecular weight is 425 g/mol. The molecule has 2 N–H and O–H groups in total. The van der Waals surface area contributed by atoms with Gasteiger partial charge < -0.3 is 14.6 Å². The predicted octanol–water partition coefficient (Wildman–Crippen LogP) is 5.54. The number of anilines is 2. The van der Waals surface area contributed by atoms with Gasteiger partial charge in [0, 0.05) is 47.0 Å². The number of benzene rings is 1. The van der Waals surface area contributed by atoms with Gasteiger partial charge in [0.05, 0.1) is 16.7 Å². The number of hydrogen-bond donors (Lipinski definition) is 2. The first-order valence-electron chi connectivity index (χ1n) is 10.7. The van der Waals surface area contributed by atoms with Crippen molar-refractivity contribution in [2.45, 2.75) is 38.9 Å². The van der Waals surface area contributed by atoms with Crippen molar-refractivity contribution in [3.05, 3.63) is 72.3 Å². The standard InChI is InChI=1S/C25H24N6O/c1-24(2)18-13-31(14-19(18)25(3,4)32-24)23-17-8-7-16(12-15(17)9-11-27-23)28-22-21-20(29-30-22)6-5-10-26-21/h5-14H,1-4H3,(H2,28,29,30). The first kappa shape index (κ1) is 19.0. The van der Waals surface area contributed by atoms with Crippen molar-refractivity contribution in [3.8, 4) is 5.82 Å². The Morgan fingerprint density at radius 1 is 0.938 bits per heavy atom. The Morgan fingerprint density at radius 2 is 1.72 bits per heavy atom. The van der Waals surface area contributed by atoms with E-state index in [1.807, 2.05) is 30.5 Å². The fourth-order valence-electron chi connectivity index (χ4n) is 4.81. The van der Waals surface area contributed by atoms with Gasteiger partial charge in [-0.05, 0) is 69.5 Å². The number of aromatic nitrogens is 5. The van der Waals surface area contributed by atoms with Gasteiger partial charge in [-0.2, -0.15) is 5.10 Å². The van der Waals surface area contributed by atoms with Crippen LogP contribution in [0.2, 0.25) is 0 Å². The van der Waals surface area contributed by atoms with E-state index in [-0.39, 0.29) is 11.2 Å². The molecule has 0 atom stereocenters. The van der Waals surface area contributed by atoms with Crippen LogP contribution >= 0.6 is 0 Å². The summed E-state index contributed by atoms with van der Waals surface area (Å²) in [5, 5.41) is 12.9. The van der Waals surface area contributed by atoms with Gasteiger partial charge in [0.25, 0.3) is 0 Å². The molecule has 5 aromatic rings. The molecule has 160 valence electrons. The second-order valence-corrected chi connectivity index (χ2v) is 9.28. The Kier molecular flexibility index (Phi) is 3.80. The summed E-state index contributed by atoms with van der Waals surface area (Å²) in [5.74, 6) is 1.61. The molecule has 1 aliphatic rings. The molecule has 1 aliphatic heterocycles. The molecule has 0 radical (unpaired) electrons. The third kappa shape index (κ3) is 2.81. The highest BCUT2D eigenvalue weighted by Crippen LogP contribution is 2.47. The summed E-state index contributed by atoms with van der Waals surface area (Å²) in [4.78, 5) is 9.13. The van der Waals surface area contributed by atoms with Gasteiger partial charge in [0.15, 0.2) is 5.82 Å². The lowest BCUT2D eigenvalue weighted by molar-refractivity contribution is -0.105. The topological polar surface area (TPSA) is 80.6 Å². The molecule has 1 aromatic carbocycles. The van der Waals surface area contributed by atoms with Crippen LogP contribution in [0.15, 0.2) is 61.2 Å². The van der Waals surface area contributed by atoms with Crippen LogP contribution in [0.1, 0.15) is 38.8 Å². The zero-order valence-corrected chi connectivity index (χ0v) is 18.5. The van der Waals surface area contributed by atoms with E-state index in [9.17, 15) is 0 Å². The molecular formula is C25H24N6O. The molecule has 0 bridgehead atoms. The molecule has 7 heteroatoms. The molecular weight excluding hydrogens is 400 g/mol. The summed E-state index contributed by atoms with van der Waals surface area (Å²) in [6, 6.07) is 12.1. The average Bonchev–Trinajstić information content (AvgIpc) is 3.42. The molecule has 0 amide bonds. The fraction of sp³-hybridized carbons (Fsp3) is 0.240. The fourth-order valence-corrected chi connectivity index (χ4v) is 4.81. The van der Waals surface area contributed by atoms with Crippen molar-refractivity contribution in [1.29, 1.82) is 0 Å². The maximum Gasteiger partial charge on any atom is 0.178 e. The van der Waals surface area contributed by atoms with Crippen LogP contribution in [0.3, 0.4) is 0 Å². The van der Waals surface area contributed by atoms with E-state index in [2.05, 4.69) is 77.3 Å². The predicted molar refractivity (Wildman–Crippen MR) is 125 cm³/mol. The van der Waals surface area contributed by atoms with E-state index in [4.69, 9.17) is 9.72 Å². The first-order chi connectivity index (χ1) is 15.3. The van der Waals surface area contributed by atoms with Crippen LogP contribution in [-0.4, -0.2) is 24.7 Å². The van der Waals surface area contributed by atoms with Crippen LogP contribution in [-0.2, 0) is 15.9 Å². The minimum atomic E-state index is -0.327. The van der Waals surface area contributed by atoms with Crippen LogP contribution in [0.4, 0.5) is 11.5 Å². The van der Waals surface area contributed by atoms with Gasteiger partial charge in [0.2, 0.25) is 0 Å². The third-order valence-electron chi connectivity index (χ3n) is 6.20. The number of rotatable bonds is 3. The summed E-state index contributed by atoms with van der Waals surface area (Å²) in [6.07, 6.45) is 7.92. The molecule has 0 saturated heterocycles. The van der Waals surface area contributed by atoms with Gasteiger partial charge in [-0.25, -0.2) is 4.98 Å². The van der Waals surface area contributed by atoms with E-state index in [0.29, 0.717) is 5.82 Å². The lowest BCUT2D eigenvalue weighted by atomic mass is 9.95. The van der Waals surface area contributed by atoms with E-state index >= 15 is 0 Å². The normalized spacial score (nSPS) is 16.5. The first-order valence-corrected chi connectivity index (χ1v) is 10.7. The lowest BCUT2D eigenvalue weighted by Gasteiger charge is -2.26. The van der Waals surface area contributed by atoms with Crippen molar-refractivity contribution in [1.82, 2.24) is 24.7 Å². The van der Waals surface area contributed by atoms with Crippen molar-refractivity contribution in [2.75, 3.05) is 5.32 Å². The second kappa shape index (κ2) is 6.40. The number of fused-ring (bicyclic) bond motifs is 3. The highest BCUT2D eigenvalue weighted by Gasteiger charge is 2.44. The molecule has 32 heavy (non-hydrogen) atoms. The zero-order chi connectivity index (χ0) is 22.1. The molecule has 4 aromatic heterocycles. The Bertz CT molecular complexity index is 1460. The van der Waals surface area contributed by atoms with Crippen molar-refractivity contribution >= 4 is 33.3 Å². The molecule has 0 spiro atoms. The van der Waals surface area contributed by atoms with Gasteiger partial charge in [-0.15, -0.1) is 0 Å². The minimum absolute atomic E-state index is 0.327. The lowest BCUT2D eigenvalue weighted by Crippen LogP contribution is -2.23. The summed E-state index contributed by atoms with van der Waals surface area (Å²) < 4.78 is 8.39. The number of nitrogens with zero attached hydrogens (tertiary/aromatic N) is 4. The minimum Gasteiger partial charge on any atom is -0.360 e. The van der Waals surface area contributed by atoms with E-state index in [0.717, 1.165) is 33.3 Å². The number of nitrogens with one attached hydrogen (secondary N) is 2. The Balaban J connectivity index is 1.41. The molecule has 6 rings (SSSR count). The van der Waals surface area contributed by atoms with Crippen LogP contribution in [0, 0.1) is 0 Å². The van der Waals surface area contributed by atoms with Crippen LogP contribution < -0.4 is 5.32 Å². The Hall–Kier alpha value is -3.71. The molecule has 0 unspecified atom stereocenters. The quantitative estimate of drug-likeness (QED) is 0.397. The number of pyridine rings is 2. The maximum atomic E-state index is 6.27. The maximum absolute atomic E-state index is 6.27. The highest BCUT2D eigenvalue weighted by atomic mass is 16.5. The summed E-state index contributed by atoms with van der Waals surface area (Å²) >= 11 is 0. The van der Waals surface area contributed by atoms with Crippen molar-refractivity contribution in [3.63, 3.8) is 0 Å². The monoisotopic (exact) mass is 424 g/mol. The second-order valence-electron chi connectivity index (χ2n) is 9.28. The molecule has 0 saturated carbocycles. The van der Waals surface area contributed by atoms with Gasteiger partial charge in [-0.1, -0.05) is 0 Å². The number of hydrogen-bond acceptors (Lipinski definition) is 5. The molecule has 0 fully saturated rings. The van der Waals surface area contributed by atoms with E-state index < -0.39 is 0 Å². The van der Waals surface area contributed by atoms with Gasteiger partial charge >= 0.3 is 0 Å². The molecule has 7 nitrogen and oxygen atoms in total. The summed E-state index contributed by atoms with van der Waals surface area (Å²) in [6.45, 7) is 8.47. The van der Waals surface area contributed by atoms with Crippen LogP contribution in [0.5, 0.6) is 0 Å². The summed E-state index contributed by atoms with van der Waals surface area (Å²) in [7, 11) is 0. The van der Waals surface area contributed by atoms with E-state index in [1.54, 1.807) is 6.20 Å². The number of H-pyrrole nitrogens is 1. The SMILES string of the molecule is CC1(C)OC(C)(C)c2cn(-c3nccc4cc(Nc5n[nH]c6cccnc56)ccc34)cc21. The summed E-state index contributed by atoms with van der Waals surface area (Å²) in [5.41, 5.74) is 4.42. The Morgan fingerprint density at radius 3 is 2.50 bits per heavy atom. The van der Waals surface area contributed by atoms with Crippen molar-refractivity contribution < 1.29 is 4.74 Å².